The molecule has 0 radical (unpaired) electrons. The van der Waals surface area contributed by atoms with Gasteiger partial charge >= 0.3 is 0 Å². The fraction of sp³-hybridized carbons (Fsp3) is 0.263. The van der Waals surface area contributed by atoms with Gasteiger partial charge in [0.1, 0.15) is 0 Å². The van der Waals surface area contributed by atoms with Crippen molar-refractivity contribution in [2.24, 2.45) is 0 Å². The molecule has 0 saturated carbocycles. The van der Waals surface area contributed by atoms with Gasteiger partial charge in [-0.15, -0.1) is 0 Å². The number of aryl methyl sites for hydroxylation is 1. The Morgan fingerprint density at radius 3 is 2.30 bits per heavy atom. The first-order chi connectivity index (χ1) is 9.84. The highest BCUT2D eigenvalue weighted by Crippen LogP contribution is 2.05. The van der Waals surface area contributed by atoms with Crippen molar-refractivity contribution in [1.82, 2.24) is 5.32 Å². The molecule has 1 atom stereocenters. The zero-order chi connectivity index (χ0) is 14.0. The number of hydrogen-bond acceptors (Lipinski definition) is 1. The average molecular weight is 265 g/mol. The second-order valence-corrected chi connectivity index (χ2v) is 5.15. The maximum absolute atomic E-state index is 3.54. The van der Waals surface area contributed by atoms with Crippen molar-refractivity contribution in [1.29, 1.82) is 0 Å². The molecule has 0 saturated heterocycles. The second kappa shape index (κ2) is 8.34. The molecular weight excluding hydrogens is 242 g/mol. The molecule has 0 unspecified atom stereocenters. The fourth-order valence-electron chi connectivity index (χ4n) is 2.16. The summed E-state index contributed by atoms with van der Waals surface area (Å²) in [7, 11) is 0. The summed E-state index contributed by atoms with van der Waals surface area (Å²) in [6.45, 7) is 3.17. The van der Waals surface area contributed by atoms with Crippen molar-refractivity contribution in [3.63, 3.8) is 0 Å². The van der Waals surface area contributed by atoms with Crippen molar-refractivity contribution in [3.05, 3.63) is 77.9 Å². The van der Waals surface area contributed by atoms with Gasteiger partial charge in [-0.3, -0.25) is 0 Å². The van der Waals surface area contributed by atoms with E-state index >= 15 is 0 Å². The minimum absolute atomic E-state index is 0.538. The fourth-order valence-corrected chi connectivity index (χ4v) is 2.16. The second-order valence-electron chi connectivity index (χ2n) is 5.15. The molecule has 2 aromatic carbocycles. The van der Waals surface area contributed by atoms with Crippen molar-refractivity contribution >= 4 is 6.08 Å². The van der Waals surface area contributed by atoms with Gasteiger partial charge in [-0.2, -0.15) is 0 Å². The molecule has 1 heteroatoms. The van der Waals surface area contributed by atoms with Crippen LogP contribution >= 0.6 is 0 Å². The van der Waals surface area contributed by atoms with E-state index in [9.17, 15) is 0 Å². The highest BCUT2D eigenvalue weighted by atomic mass is 14.9. The zero-order valence-electron chi connectivity index (χ0n) is 12.1. The van der Waals surface area contributed by atoms with Gasteiger partial charge in [0.05, 0.1) is 0 Å². The lowest BCUT2D eigenvalue weighted by Crippen LogP contribution is -2.26. The lowest BCUT2D eigenvalue weighted by Gasteiger charge is -2.12. The molecule has 0 aromatic heterocycles. The molecule has 0 heterocycles. The van der Waals surface area contributed by atoms with Gasteiger partial charge in [0.15, 0.2) is 0 Å². The number of nitrogens with one attached hydrogen (secondary N) is 1. The summed E-state index contributed by atoms with van der Waals surface area (Å²) in [6.07, 6.45) is 6.66. The lowest BCUT2D eigenvalue weighted by molar-refractivity contribution is 0.543. The van der Waals surface area contributed by atoms with E-state index in [1.54, 1.807) is 0 Å². The average Bonchev–Trinajstić information content (AvgIpc) is 2.52. The molecule has 20 heavy (non-hydrogen) atoms. The van der Waals surface area contributed by atoms with E-state index in [4.69, 9.17) is 0 Å². The third-order valence-electron chi connectivity index (χ3n) is 3.40. The number of hydrogen-bond donors (Lipinski definition) is 1. The van der Waals surface area contributed by atoms with Crippen molar-refractivity contribution in [2.75, 3.05) is 6.54 Å². The molecule has 0 spiro atoms. The van der Waals surface area contributed by atoms with Crippen LogP contribution in [0.15, 0.2) is 66.7 Å². The van der Waals surface area contributed by atoms with Gasteiger partial charge < -0.3 is 5.32 Å². The first kappa shape index (κ1) is 14.5. The van der Waals surface area contributed by atoms with E-state index in [2.05, 4.69) is 79.0 Å². The first-order valence-corrected chi connectivity index (χ1v) is 7.33. The van der Waals surface area contributed by atoms with Crippen LogP contribution in [0.2, 0.25) is 0 Å². The molecular formula is C19H23N. The summed E-state index contributed by atoms with van der Waals surface area (Å²) in [5, 5.41) is 3.54. The van der Waals surface area contributed by atoms with Crippen LogP contribution in [0, 0.1) is 0 Å². The van der Waals surface area contributed by atoms with Crippen LogP contribution in [0.25, 0.3) is 6.08 Å². The summed E-state index contributed by atoms with van der Waals surface area (Å²) < 4.78 is 0. The Hall–Kier alpha value is -1.86. The van der Waals surface area contributed by atoms with E-state index in [1.165, 1.54) is 17.5 Å². The minimum atomic E-state index is 0.538. The molecule has 0 aliphatic carbocycles. The number of benzene rings is 2. The van der Waals surface area contributed by atoms with Gasteiger partial charge in [0.25, 0.3) is 0 Å². The normalized spacial score (nSPS) is 12.7. The maximum atomic E-state index is 3.54. The van der Waals surface area contributed by atoms with Crippen molar-refractivity contribution in [2.45, 2.75) is 25.8 Å². The molecule has 0 fully saturated rings. The Morgan fingerprint density at radius 2 is 1.60 bits per heavy atom. The topological polar surface area (TPSA) is 12.0 Å². The standard InChI is InChI=1S/C19H23N/c1-17(14-15-19-11-6-3-7-12-19)20-16-8-13-18-9-4-2-5-10-18/h2-13,17,20H,14-16H2,1H3/b13-8-/t17-/m0/s1. The van der Waals surface area contributed by atoms with E-state index in [0.29, 0.717) is 6.04 Å². The molecule has 104 valence electrons. The van der Waals surface area contributed by atoms with E-state index < -0.39 is 0 Å². The Balaban J connectivity index is 1.65. The third-order valence-corrected chi connectivity index (χ3v) is 3.40. The van der Waals surface area contributed by atoms with E-state index in [0.717, 1.165) is 13.0 Å². The molecule has 0 aliphatic rings. The molecule has 0 aliphatic heterocycles. The first-order valence-electron chi connectivity index (χ1n) is 7.33. The van der Waals surface area contributed by atoms with Crippen LogP contribution in [0.3, 0.4) is 0 Å². The Morgan fingerprint density at radius 1 is 0.950 bits per heavy atom. The van der Waals surface area contributed by atoms with Gasteiger partial charge in [-0.05, 0) is 30.9 Å². The summed E-state index contributed by atoms with van der Waals surface area (Å²) in [4.78, 5) is 0. The predicted molar refractivity (Wildman–Crippen MR) is 87.7 cm³/mol. The Bertz CT molecular complexity index is 502. The summed E-state index contributed by atoms with van der Waals surface area (Å²) >= 11 is 0. The summed E-state index contributed by atoms with van der Waals surface area (Å²) in [6, 6.07) is 21.6. The van der Waals surface area contributed by atoms with Crippen LogP contribution in [0.4, 0.5) is 0 Å². The van der Waals surface area contributed by atoms with E-state index in [1.807, 2.05) is 6.07 Å². The van der Waals surface area contributed by atoms with Gasteiger partial charge in [-0.1, -0.05) is 72.8 Å². The van der Waals surface area contributed by atoms with Crippen LogP contribution in [0.1, 0.15) is 24.5 Å². The lowest BCUT2D eigenvalue weighted by atomic mass is 10.1. The van der Waals surface area contributed by atoms with Crippen LogP contribution in [-0.2, 0) is 6.42 Å². The monoisotopic (exact) mass is 265 g/mol. The van der Waals surface area contributed by atoms with Gasteiger partial charge in [0, 0.05) is 12.6 Å². The number of rotatable bonds is 7. The van der Waals surface area contributed by atoms with Crippen LogP contribution < -0.4 is 5.32 Å². The smallest absolute Gasteiger partial charge is 0.0140 e. The molecule has 0 bridgehead atoms. The molecule has 2 aromatic rings. The van der Waals surface area contributed by atoms with Crippen molar-refractivity contribution in [3.8, 4) is 0 Å². The minimum Gasteiger partial charge on any atom is -0.311 e. The predicted octanol–water partition coefficient (Wildman–Crippen LogP) is 4.31. The van der Waals surface area contributed by atoms with Crippen LogP contribution in [-0.4, -0.2) is 12.6 Å². The highest BCUT2D eigenvalue weighted by Gasteiger charge is 2.00. The van der Waals surface area contributed by atoms with Crippen LogP contribution in [0.5, 0.6) is 0 Å². The molecule has 2 rings (SSSR count). The Kier molecular flexibility index (Phi) is 6.07. The largest absolute Gasteiger partial charge is 0.311 e. The molecule has 1 nitrogen and oxygen atoms in total. The molecule has 1 N–H and O–H groups in total. The van der Waals surface area contributed by atoms with E-state index in [-0.39, 0.29) is 0 Å². The zero-order valence-corrected chi connectivity index (χ0v) is 12.1. The van der Waals surface area contributed by atoms with Gasteiger partial charge in [-0.25, -0.2) is 0 Å². The Labute approximate surface area is 122 Å². The molecule has 0 amide bonds. The van der Waals surface area contributed by atoms with Gasteiger partial charge in [0.2, 0.25) is 0 Å². The maximum Gasteiger partial charge on any atom is 0.0140 e. The van der Waals surface area contributed by atoms with Crippen molar-refractivity contribution < 1.29 is 0 Å². The summed E-state index contributed by atoms with van der Waals surface area (Å²) in [5.74, 6) is 0. The summed E-state index contributed by atoms with van der Waals surface area (Å²) in [5.41, 5.74) is 2.67. The third kappa shape index (κ3) is 5.41. The SMILES string of the molecule is C[C@@H](CCc1ccccc1)NC/C=C\c1ccccc1. The quantitative estimate of drug-likeness (QED) is 0.786. The highest BCUT2D eigenvalue weighted by molar-refractivity contribution is 5.48.